The molecule has 1 unspecified atom stereocenters. The van der Waals surface area contributed by atoms with Crippen molar-refractivity contribution in [2.75, 3.05) is 20.2 Å². The zero-order chi connectivity index (χ0) is 18.0. The van der Waals surface area contributed by atoms with Gasteiger partial charge in [0.1, 0.15) is 5.75 Å². The predicted octanol–water partition coefficient (Wildman–Crippen LogP) is 2.69. The Kier molecular flexibility index (Phi) is 4.44. The normalized spacial score (nSPS) is 19.7. The summed E-state index contributed by atoms with van der Waals surface area (Å²) < 4.78 is 5.15. The second-order valence-electron chi connectivity index (χ2n) is 6.53. The highest BCUT2D eigenvalue weighted by molar-refractivity contribution is 5.95. The third-order valence-corrected chi connectivity index (χ3v) is 4.69. The van der Waals surface area contributed by atoms with E-state index in [1.165, 1.54) is 6.20 Å². The number of likely N-dealkylation sites (tertiary alicyclic amines) is 1. The van der Waals surface area contributed by atoms with Crippen LogP contribution in [0.15, 0.2) is 42.7 Å². The van der Waals surface area contributed by atoms with E-state index < -0.39 is 11.4 Å². The molecule has 1 amide bonds. The molecular weight excluding hydrogens is 320 g/mol. The van der Waals surface area contributed by atoms with E-state index in [4.69, 9.17) is 4.74 Å². The number of methoxy groups -OCH3 is 1. The Balaban J connectivity index is 1.81. The lowest BCUT2D eigenvalue weighted by atomic mass is 9.90. The molecule has 1 saturated heterocycles. The van der Waals surface area contributed by atoms with Crippen LogP contribution in [0.25, 0.3) is 11.1 Å². The van der Waals surface area contributed by atoms with Crippen molar-refractivity contribution in [2.24, 2.45) is 5.41 Å². The van der Waals surface area contributed by atoms with Crippen LogP contribution in [-0.2, 0) is 4.79 Å². The number of hydrogen-bond acceptors (Lipinski definition) is 4. The summed E-state index contributed by atoms with van der Waals surface area (Å²) in [5, 5.41) is 9.32. The fourth-order valence-corrected chi connectivity index (χ4v) is 2.99. The van der Waals surface area contributed by atoms with Gasteiger partial charge in [0.25, 0.3) is 5.91 Å². The highest BCUT2D eigenvalue weighted by Crippen LogP contribution is 2.31. The summed E-state index contributed by atoms with van der Waals surface area (Å²) in [6.07, 6.45) is 3.68. The summed E-state index contributed by atoms with van der Waals surface area (Å²) >= 11 is 0. The van der Waals surface area contributed by atoms with Gasteiger partial charge in [-0.1, -0.05) is 12.1 Å². The van der Waals surface area contributed by atoms with Crippen molar-refractivity contribution in [3.8, 4) is 16.9 Å². The molecule has 25 heavy (non-hydrogen) atoms. The van der Waals surface area contributed by atoms with Gasteiger partial charge in [-0.15, -0.1) is 0 Å². The molecule has 3 rings (SSSR count). The van der Waals surface area contributed by atoms with E-state index in [1.807, 2.05) is 24.3 Å². The number of benzene rings is 1. The number of carbonyl (C=O) groups is 2. The van der Waals surface area contributed by atoms with Crippen molar-refractivity contribution in [2.45, 2.75) is 13.3 Å². The molecular formula is C19H20N2O4. The minimum Gasteiger partial charge on any atom is -0.497 e. The average molecular weight is 340 g/mol. The molecule has 1 aromatic carbocycles. The van der Waals surface area contributed by atoms with E-state index >= 15 is 0 Å². The second-order valence-corrected chi connectivity index (χ2v) is 6.53. The number of rotatable bonds is 4. The molecule has 6 nitrogen and oxygen atoms in total. The molecule has 1 N–H and O–H groups in total. The Morgan fingerprint density at radius 2 is 1.92 bits per heavy atom. The van der Waals surface area contributed by atoms with Gasteiger partial charge in [0.2, 0.25) is 0 Å². The van der Waals surface area contributed by atoms with E-state index in [-0.39, 0.29) is 12.5 Å². The van der Waals surface area contributed by atoms with Gasteiger partial charge in [-0.2, -0.15) is 0 Å². The summed E-state index contributed by atoms with van der Waals surface area (Å²) in [5.41, 5.74) is 1.34. The van der Waals surface area contributed by atoms with Crippen LogP contribution in [0.3, 0.4) is 0 Å². The molecule has 2 heterocycles. The second kappa shape index (κ2) is 6.55. The molecule has 1 aliphatic rings. The van der Waals surface area contributed by atoms with E-state index in [0.717, 1.165) is 16.9 Å². The molecule has 0 bridgehead atoms. The van der Waals surface area contributed by atoms with Crippen molar-refractivity contribution < 1.29 is 19.4 Å². The number of ether oxygens (including phenoxy) is 1. The van der Waals surface area contributed by atoms with Gasteiger partial charge in [0.05, 0.1) is 18.1 Å². The fraction of sp³-hybridized carbons (Fsp3) is 0.316. The van der Waals surface area contributed by atoms with Crippen molar-refractivity contribution in [3.63, 3.8) is 0 Å². The maximum absolute atomic E-state index is 12.7. The van der Waals surface area contributed by atoms with E-state index in [2.05, 4.69) is 4.98 Å². The molecule has 0 radical (unpaired) electrons. The maximum atomic E-state index is 12.7. The van der Waals surface area contributed by atoms with Gasteiger partial charge >= 0.3 is 5.97 Å². The number of carbonyl (C=O) groups excluding carboxylic acids is 1. The molecule has 0 aliphatic carbocycles. The van der Waals surface area contributed by atoms with Crippen LogP contribution in [0.4, 0.5) is 0 Å². The van der Waals surface area contributed by atoms with Crippen LogP contribution in [0.1, 0.15) is 23.7 Å². The summed E-state index contributed by atoms with van der Waals surface area (Å²) in [5.74, 6) is -0.297. The molecule has 2 aromatic rings. The number of amides is 1. The summed E-state index contributed by atoms with van der Waals surface area (Å²) in [4.78, 5) is 29.8. The number of pyridine rings is 1. The Bertz CT molecular complexity index is 803. The molecule has 0 spiro atoms. The average Bonchev–Trinajstić information content (AvgIpc) is 3.05. The van der Waals surface area contributed by atoms with Gasteiger partial charge in [-0.3, -0.25) is 14.6 Å². The Morgan fingerprint density at radius 1 is 1.20 bits per heavy atom. The van der Waals surface area contributed by atoms with Crippen molar-refractivity contribution >= 4 is 11.9 Å². The zero-order valence-corrected chi connectivity index (χ0v) is 14.2. The van der Waals surface area contributed by atoms with Gasteiger partial charge in [-0.05, 0) is 37.1 Å². The molecule has 1 aliphatic heterocycles. The number of hydrogen-bond donors (Lipinski definition) is 1. The number of aromatic nitrogens is 1. The van der Waals surface area contributed by atoms with Gasteiger partial charge in [0, 0.05) is 31.0 Å². The summed E-state index contributed by atoms with van der Waals surface area (Å²) in [7, 11) is 1.61. The number of carboxylic acids is 1. The molecule has 6 heteroatoms. The van der Waals surface area contributed by atoms with Crippen LogP contribution in [0.2, 0.25) is 0 Å². The van der Waals surface area contributed by atoms with Crippen LogP contribution >= 0.6 is 0 Å². The van der Waals surface area contributed by atoms with Crippen LogP contribution in [-0.4, -0.2) is 47.1 Å². The third kappa shape index (κ3) is 3.33. The summed E-state index contributed by atoms with van der Waals surface area (Å²) in [6.45, 7) is 2.33. The van der Waals surface area contributed by atoms with Gasteiger partial charge in [0.15, 0.2) is 0 Å². The number of aliphatic carboxylic acids is 1. The summed E-state index contributed by atoms with van der Waals surface area (Å²) in [6, 6.07) is 9.29. The number of nitrogens with zero attached hydrogens (tertiary/aromatic N) is 2. The molecule has 1 aromatic heterocycles. The first-order valence-corrected chi connectivity index (χ1v) is 8.05. The Hall–Kier alpha value is -2.89. The first-order chi connectivity index (χ1) is 11.9. The Labute approximate surface area is 146 Å². The smallest absolute Gasteiger partial charge is 0.311 e. The Morgan fingerprint density at radius 3 is 2.52 bits per heavy atom. The maximum Gasteiger partial charge on any atom is 0.311 e. The first kappa shape index (κ1) is 17.0. The molecule has 0 saturated carbocycles. The van der Waals surface area contributed by atoms with Gasteiger partial charge in [-0.25, -0.2) is 0 Å². The van der Waals surface area contributed by atoms with Crippen LogP contribution in [0, 0.1) is 5.41 Å². The standard InChI is InChI=1S/C19H20N2O4/c1-19(18(23)24)7-8-21(12-19)17(22)15-9-14(10-20-11-15)13-3-5-16(25-2)6-4-13/h3-6,9-11H,7-8,12H2,1-2H3,(H,23,24). The lowest BCUT2D eigenvalue weighted by Gasteiger charge is -2.20. The highest BCUT2D eigenvalue weighted by Gasteiger charge is 2.42. The van der Waals surface area contributed by atoms with Crippen LogP contribution < -0.4 is 4.74 Å². The first-order valence-electron chi connectivity index (χ1n) is 8.05. The fourth-order valence-electron chi connectivity index (χ4n) is 2.99. The molecule has 1 atom stereocenters. The lowest BCUT2D eigenvalue weighted by molar-refractivity contribution is -0.147. The van der Waals surface area contributed by atoms with Crippen molar-refractivity contribution in [1.82, 2.24) is 9.88 Å². The topological polar surface area (TPSA) is 79.7 Å². The van der Waals surface area contributed by atoms with Crippen LogP contribution in [0.5, 0.6) is 5.75 Å². The predicted molar refractivity (Wildman–Crippen MR) is 92.5 cm³/mol. The van der Waals surface area contributed by atoms with Crippen molar-refractivity contribution in [1.29, 1.82) is 0 Å². The van der Waals surface area contributed by atoms with E-state index in [1.54, 1.807) is 31.2 Å². The quantitative estimate of drug-likeness (QED) is 0.926. The minimum atomic E-state index is -0.878. The molecule has 130 valence electrons. The zero-order valence-electron chi connectivity index (χ0n) is 14.2. The van der Waals surface area contributed by atoms with E-state index in [9.17, 15) is 14.7 Å². The van der Waals surface area contributed by atoms with E-state index in [0.29, 0.717) is 18.5 Å². The third-order valence-electron chi connectivity index (χ3n) is 4.69. The largest absolute Gasteiger partial charge is 0.497 e. The highest BCUT2D eigenvalue weighted by atomic mass is 16.5. The monoisotopic (exact) mass is 340 g/mol. The lowest BCUT2D eigenvalue weighted by Crippen LogP contribution is -2.34. The van der Waals surface area contributed by atoms with Gasteiger partial charge < -0.3 is 14.7 Å². The number of carboxylic acid groups (broad SMARTS) is 1. The SMILES string of the molecule is COc1ccc(-c2cncc(C(=O)N3CCC(C)(C(=O)O)C3)c2)cc1. The minimum absolute atomic E-state index is 0.187. The molecule has 1 fully saturated rings. The van der Waals surface area contributed by atoms with Crippen molar-refractivity contribution in [3.05, 3.63) is 48.3 Å².